The van der Waals surface area contributed by atoms with Gasteiger partial charge in [0, 0.05) is 18.1 Å². The van der Waals surface area contributed by atoms with Gasteiger partial charge in [0.25, 0.3) is 0 Å². The first kappa shape index (κ1) is 27.7. The number of hydrogen-bond donors (Lipinski definition) is 0. The molecule has 0 aliphatic rings. The Kier molecular flexibility index (Phi) is 6.59. The SMILES string of the molecule is CCc1c(CC)c2cc3c(CC)c(CC)c4cc5c(CC)c(CC)c6cc7c(CC)c(CC)c(cc1n2C)n7p(n34)n65. The molecule has 4 nitrogen and oxygen atoms in total. The largest absolute Gasteiger partial charge is 0.344 e. The summed E-state index contributed by atoms with van der Waals surface area (Å²) in [5, 5.41) is 0. The highest BCUT2D eigenvalue weighted by atomic mass is 31.1. The summed E-state index contributed by atoms with van der Waals surface area (Å²) < 4.78 is 10.9. The summed E-state index contributed by atoms with van der Waals surface area (Å²) in [5.41, 5.74) is 23.8. The molecule has 2 bridgehead atoms. The van der Waals surface area contributed by atoms with Crippen LogP contribution in [0.15, 0.2) is 24.3 Å². The molecule has 0 aliphatic carbocycles. The van der Waals surface area contributed by atoms with Crippen molar-refractivity contribution in [2.45, 2.75) is 107 Å². The minimum Gasteiger partial charge on any atom is -0.344 e. The zero-order valence-corrected chi connectivity index (χ0v) is 28.1. The van der Waals surface area contributed by atoms with Crippen molar-refractivity contribution in [3.05, 3.63) is 68.8 Å². The van der Waals surface area contributed by atoms with Crippen molar-refractivity contribution >= 4 is 51.9 Å². The Morgan fingerprint density at radius 2 is 0.548 bits per heavy atom. The fourth-order valence-electron chi connectivity index (χ4n) is 8.71. The Labute approximate surface area is 251 Å². The Balaban J connectivity index is 1.99. The molecule has 7 heterocycles. The van der Waals surface area contributed by atoms with Crippen LogP contribution in [0.1, 0.15) is 99.9 Å². The minimum absolute atomic E-state index is 0.897. The molecule has 0 saturated carbocycles. The lowest BCUT2D eigenvalue weighted by Gasteiger charge is -2.14. The van der Waals surface area contributed by atoms with Crippen LogP contribution in [0.4, 0.5) is 0 Å². The smallest absolute Gasteiger partial charge is 0.150 e. The van der Waals surface area contributed by atoms with Gasteiger partial charge >= 0.3 is 0 Å². The summed E-state index contributed by atoms with van der Waals surface area (Å²) >= 11 is 0. The summed E-state index contributed by atoms with van der Waals surface area (Å²) in [6.07, 6.45) is 8.49. The van der Waals surface area contributed by atoms with E-state index in [1.807, 2.05) is 0 Å². The van der Waals surface area contributed by atoms with Gasteiger partial charge in [0.05, 0.1) is 33.1 Å². The number of nitrogens with zero attached hydrogens (tertiary/aromatic N) is 4. The van der Waals surface area contributed by atoms with Crippen LogP contribution in [0, 0.1) is 0 Å². The minimum atomic E-state index is -0.897. The second-order valence-corrected chi connectivity index (χ2v) is 13.8. The topological polar surface area (TPSA) is 18.2 Å². The normalized spacial score (nSPS) is 12.7. The van der Waals surface area contributed by atoms with Crippen LogP contribution in [0.25, 0.3) is 44.1 Å². The van der Waals surface area contributed by atoms with E-state index in [1.165, 1.54) is 66.4 Å². The van der Waals surface area contributed by atoms with Gasteiger partial charge in [-0.2, -0.15) is 0 Å². The Hall–Kier alpha value is -3.10. The summed E-state index contributed by atoms with van der Waals surface area (Å²) in [4.78, 5) is 0. The summed E-state index contributed by atoms with van der Waals surface area (Å²) in [6, 6.07) is 10.3. The lowest BCUT2D eigenvalue weighted by atomic mass is 10.0. The molecule has 220 valence electrons. The predicted octanol–water partition coefficient (Wildman–Crippen LogP) is 10.0. The maximum atomic E-state index is 2.80. The molecule has 7 rings (SSSR count). The van der Waals surface area contributed by atoms with Crippen molar-refractivity contribution in [3.63, 3.8) is 0 Å². The fraction of sp³-hybridized carbons (Fsp3) is 0.459. The predicted molar refractivity (Wildman–Crippen MR) is 184 cm³/mol. The highest BCUT2D eigenvalue weighted by molar-refractivity contribution is 7.36. The van der Waals surface area contributed by atoms with Crippen LogP contribution in [0.5, 0.6) is 0 Å². The van der Waals surface area contributed by atoms with E-state index in [9.17, 15) is 0 Å². The molecule has 42 heavy (non-hydrogen) atoms. The van der Waals surface area contributed by atoms with Gasteiger partial charge in [0.15, 0.2) is 7.82 Å². The molecule has 7 aromatic heterocycles. The molecule has 0 amide bonds. The molecular weight excluding hydrogens is 531 g/mol. The van der Waals surface area contributed by atoms with E-state index in [2.05, 4.69) is 104 Å². The van der Waals surface area contributed by atoms with Crippen molar-refractivity contribution in [2.24, 2.45) is 7.05 Å². The Morgan fingerprint density at radius 1 is 0.357 bits per heavy atom. The number of fused-ring (bicyclic) bond motifs is 2. The first-order chi connectivity index (χ1) is 20.4. The average Bonchev–Trinajstić information content (AvgIpc) is 3.67. The Bertz CT molecular complexity index is 2040. The number of aromatic nitrogens is 4. The number of hydrogen-bond acceptors (Lipinski definition) is 0. The third-order valence-electron chi connectivity index (χ3n) is 10.5. The Morgan fingerprint density at radius 3 is 0.762 bits per heavy atom. The first-order valence-corrected chi connectivity index (χ1v) is 17.8. The van der Waals surface area contributed by atoms with Crippen molar-refractivity contribution in [3.8, 4) is 0 Å². The van der Waals surface area contributed by atoms with Gasteiger partial charge in [0.1, 0.15) is 0 Å². The van der Waals surface area contributed by atoms with Crippen molar-refractivity contribution in [1.82, 2.24) is 17.1 Å². The average molecular weight is 579 g/mol. The van der Waals surface area contributed by atoms with Gasteiger partial charge in [-0.05, 0) is 120 Å². The quantitative estimate of drug-likeness (QED) is 0.171. The summed E-state index contributed by atoms with van der Waals surface area (Å²) in [6.45, 7) is 18.9. The molecular formula is C37H47N4P. The van der Waals surface area contributed by atoms with Gasteiger partial charge in [-0.25, -0.2) is 0 Å². The van der Waals surface area contributed by atoms with Crippen LogP contribution < -0.4 is 0 Å². The molecule has 0 atom stereocenters. The van der Waals surface area contributed by atoms with Gasteiger partial charge in [-0.1, -0.05) is 55.4 Å². The first-order valence-electron chi connectivity index (χ1n) is 16.6. The van der Waals surface area contributed by atoms with E-state index in [1.54, 1.807) is 22.3 Å². The second-order valence-electron chi connectivity index (χ2n) is 12.1. The molecule has 0 aromatic carbocycles. The number of rotatable bonds is 8. The van der Waals surface area contributed by atoms with Gasteiger partial charge < -0.3 is 4.57 Å². The number of aryl methyl sites for hydroxylation is 9. The van der Waals surface area contributed by atoms with Gasteiger partial charge in [0.2, 0.25) is 0 Å². The lowest BCUT2D eigenvalue weighted by Crippen LogP contribution is -1.98. The summed E-state index contributed by atoms with van der Waals surface area (Å²) in [5.74, 6) is 0. The zero-order valence-electron chi connectivity index (χ0n) is 27.2. The van der Waals surface area contributed by atoms with Gasteiger partial charge in [-0.3, -0.25) is 12.5 Å². The standard InChI is InChI=1S/C37H47N4P/c1-10-22-23(11-2)31-19-33-25(13-4)27(15-6)35-21-37-29(17-8)28(16-7)36-20-34-26(14-5)24(12-3)32(18-30(22)38(31)9)39(34)42(40(33)35)41(36)37/h18-21H,10-17H2,1-9H3. The summed E-state index contributed by atoms with van der Waals surface area (Å²) in [7, 11) is 1.41. The molecule has 0 spiro atoms. The zero-order chi connectivity index (χ0) is 29.6. The van der Waals surface area contributed by atoms with E-state index in [4.69, 9.17) is 0 Å². The third-order valence-corrected chi connectivity index (χ3v) is 12.8. The maximum Gasteiger partial charge on any atom is 0.150 e. The van der Waals surface area contributed by atoms with Crippen LogP contribution in [0.3, 0.4) is 0 Å². The van der Waals surface area contributed by atoms with E-state index < -0.39 is 7.82 Å². The molecule has 7 aromatic rings. The van der Waals surface area contributed by atoms with E-state index in [0.29, 0.717) is 0 Å². The van der Waals surface area contributed by atoms with Crippen LogP contribution >= 0.6 is 7.82 Å². The van der Waals surface area contributed by atoms with Crippen LogP contribution in [-0.4, -0.2) is 17.1 Å². The van der Waals surface area contributed by atoms with Crippen LogP contribution in [0.2, 0.25) is 0 Å². The lowest BCUT2D eigenvalue weighted by molar-refractivity contribution is 1.000. The molecule has 0 aliphatic heterocycles. The molecule has 0 fully saturated rings. The van der Waals surface area contributed by atoms with Crippen molar-refractivity contribution in [2.75, 3.05) is 0 Å². The maximum absolute atomic E-state index is 2.80. The molecule has 0 radical (unpaired) electrons. The molecule has 0 N–H and O–H groups in total. The molecule has 5 heteroatoms. The highest BCUT2D eigenvalue weighted by Crippen LogP contribution is 2.45. The van der Waals surface area contributed by atoms with E-state index in [0.717, 1.165) is 51.4 Å². The van der Waals surface area contributed by atoms with Crippen LogP contribution in [-0.2, 0) is 58.4 Å². The fourth-order valence-corrected chi connectivity index (χ4v) is 11.5. The highest BCUT2D eigenvalue weighted by Gasteiger charge is 2.26. The van der Waals surface area contributed by atoms with E-state index in [-0.39, 0.29) is 0 Å². The monoisotopic (exact) mass is 578 g/mol. The molecule has 0 saturated heterocycles. The molecule has 0 unspecified atom stereocenters. The van der Waals surface area contributed by atoms with Crippen molar-refractivity contribution < 1.29 is 0 Å². The van der Waals surface area contributed by atoms with Crippen molar-refractivity contribution in [1.29, 1.82) is 0 Å². The van der Waals surface area contributed by atoms with E-state index >= 15 is 0 Å². The van der Waals surface area contributed by atoms with Gasteiger partial charge in [-0.15, -0.1) is 0 Å². The third kappa shape index (κ3) is 3.25. The second kappa shape index (κ2) is 9.98.